The van der Waals surface area contributed by atoms with E-state index in [0.29, 0.717) is 5.92 Å². The Hall–Kier alpha value is 0.153. The number of fused-ring (bicyclic) bond motifs is 6. The van der Waals surface area contributed by atoms with E-state index in [1.165, 1.54) is 24.0 Å². The second kappa shape index (κ2) is 8.67. The smallest absolute Gasteiger partial charge is 1.00 e. The van der Waals surface area contributed by atoms with Gasteiger partial charge in [-0.2, -0.15) is 11.1 Å². The van der Waals surface area contributed by atoms with Crippen LogP contribution in [0.4, 0.5) is 0 Å². The van der Waals surface area contributed by atoms with Crippen LogP contribution < -0.4 is 34.0 Å². The van der Waals surface area contributed by atoms with Gasteiger partial charge in [-0.05, 0) is 40.6 Å². The first kappa shape index (κ1) is 28.4. The molecule has 0 amide bonds. The van der Waals surface area contributed by atoms with Gasteiger partial charge in [-0.25, -0.2) is 5.92 Å². The van der Waals surface area contributed by atoms with Crippen molar-refractivity contribution < 1.29 is 60.2 Å². The average molecular weight is 637 g/mol. The molecule has 1 fully saturated rings. The molecular formula is C29H37Br2Zr. The Morgan fingerprint density at radius 2 is 1.53 bits per heavy atom. The zero-order chi connectivity index (χ0) is 21.0. The Morgan fingerprint density at radius 1 is 0.906 bits per heavy atom. The van der Waals surface area contributed by atoms with Crippen molar-refractivity contribution >= 4 is 5.57 Å². The first-order valence-electron chi connectivity index (χ1n) is 11.6. The maximum Gasteiger partial charge on any atom is 3.00 e. The minimum atomic E-state index is 0. The molecule has 1 aromatic rings. The van der Waals surface area contributed by atoms with Gasteiger partial charge >= 0.3 is 26.2 Å². The van der Waals surface area contributed by atoms with E-state index < -0.39 is 0 Å². The number of benzene rings is 1. The van der Waals surface area contributed by atoms with Gasteiger partial charge in [0.25, 0.3) is 0 Å². The van der Waals surface area contributed by atoms with Gasteiger partial charge in [0, 0.05) is 0 Å². The Balaban J connectivity index is 0.00000121. The van der Waals surface area contributed by atoms with Crippen molar-refractivity contribution in [2.75, 3.05) is 0 Å². The van der Waals surface area contributed by atoms with Gasteiger partial charge in [-0.3, -0.25) is 0 Å². The summed E-state index contributed by atoms with van der Waals surface area (Å²) in [5.41, 5.74) is 10.3. The van der Waals surface area contributed by atoms with Crippen molar-refractivity contribution in [3.8, 4) is 0 Å². The number of halogens is 2. The molecule has 0 spiro atoms. The van der Waals surface area contributed by atoms with Crippen LogP contribution in [0.3, 0.4) is 0 Å². The van der Waals surface area contributed by atoms with Gasteiger partial charge in [-0.1, -0.05) is 113 Å². The second-order valence-corrected chi connectivity index (χ2v) is 11.8. The summed E-state index contributed by atoms with van der Waals surface area (Å²) in [6.07, 6.45) is 8.50. The van der Waals surface area contributed by atoms with E-state index in [4.69, 9.17) is 0 Å². The van der Waals surface area contributed by atoms with Crippen LogP contribution in [0.5, 0.6) is 0 Å². The van der Waals surface area contributed by atoms with Gasteiger partial charge < -0.3 is 34.0 Å². The largest absolute Gasteiger partial charge is 3.00 e. The maximum absolute atomic E-state index is 2.62. The van der Waals surface area contributed by atoms with E-state index in [9.17, 15) is 0 Å². The molecule has 0 aliphatic heterocycles. The van der Waals surface area contributed by atoms with E-state index in [0.717, 1.165) is 6.42 Å². The zero-order valence-electron chi connectivity index (χ0n) is 20.9. The summed E-state index contributed by atoms with van der Waals surface area (Å²) in [6, 6.07) is 9.16. The van der Waals surface area contributed by atoms with Crippen LogP contribution in [0, 0.1) is 33.5 Å². The summed E-state index contributed by atoms with van der Waals surface area (Å²) in [5, 5.41) is 0. The molecule has 0 saturated heterocycles. The second-order valence-electron chi connectivity index (χ2n) is 11.8. The molecule has 1 aromatic carbocycles. The maximum atomic E-state index is 2.62. The molecule has 4 aliphatic rings. The number of hydrogen-bond donors (Lipinski definition) is 0. The van der Waals surface area contributed by atoms with Crippen LogP contribution in [0.2, 0.25) is 0 Å². The quantitative estimate of drug-likeness (QED) is 0.383. The molecule has 2 atom stereocenters. The molecule has 32 heavy (non-hydrogen) atoms. The molecule has 0 heterocycles. The first-order valence-corrected chi connectivity index (χ1v) is 11.6. The normalized spacial score (nSPS) is 30.1. The first-order chi connectivity index (χ1) is 13.5. The van der Waals surface area contributed by atoms with Crippen LogP contribution in [-0.4, -0.2) is 0 Å². The van der Waals surface area contributed by atoms with Crippen LogP contribution in [0.25, 0.3) is 5.57 Å². The molecule has 0 bridgehead atoms. The minimum Gasteiger partial charge on any atom is -1.00 e. The van der Waals surface area contributed by atoms with E-state index >= 15 is 0 Å². The van der Waals surface area contributed by atoms with Gasteiger partial charge in [-0.15, -0.1) is 6.92 Å². The van der Waals surface area contributed by atoms with Gasteiger partial charge in [0.1, 0.15) is 0 Å². The standard InChI is InChI=1S/C29H37.2BrH.Zr/c1-18-25-22-17-19-13-9-10-14-20(19)24(22)21-15-11-12-16-23(21)29(25,8)28(6,7)27(4,5)26(18,2)3;;;/h9-11,13-15,23H,12,16-17H2,1-8H3;2*1H;/q-1;;;+3/p-2. The predicted molar refractivity (Wildman–Crippen MR) is 124 cm³/mol. The monoisotopic (exact) mass is 633 g/mol. The molecule has 3 heteroatoms. The van der Waals surface area contributed by atoms with Crippen molar-refractivity contribution in [2.24, 2.45) is 27.6 Å². The van der Waals surface area contributed by atoms with E-state index in [2.05, 4.69) is 91.8 Å². The Labute approximate surface area is 236 Å². The van der Waals surface area contributed by atoms with Gasteiger partial charge in [0.2, 0.25) is 0 Å². The topological polar surface area (TPSA) is 0 Å². The predicted octanol–water partition coefficient (Wildman–Crippen LogP) is 1.97. The summed E-state index contributed by atoms with van der Waals surface area (Å²) >= 11 is 0. The summed E-state index contributed by atoms with van der Waals surface area (Å²) in [5.74, 6) is 2.24. The molecule has 0 aromatic heterocycles. The summed E-state index contributed by atoms with van der Waals surface area (Å²) in [6.45, 7) is 20.3. The minimum absolute atomic E-state index is 0. The Bertz CT molecular complexity index is 1010. The average Bonchev–Trinajstić information content (AvgIpc) is 3.05. The molecule has 5 rings (SSSR count). The van der Waals surface area contributed by atoms with Crippen molar-refractivity contribution in [2.45, 2.75) is 74.7 Å². The fourth-order valence-corrected chi connectivity index (χ4v) is 7.57. The zero-order valence-corrected chi connectivity index (χ0v) is 26.5. The molecule has 0 nitrogen and oxygen atoms in total. The molecule has 4 aliphatic carbocycles. The van der Waals surface area contributed by atoms with Crippen molar-refractivity contribution in [1.29, 1.82) is 0 Å². The van der Waals surface area contributed by atoms with Gasteiger partial charge in [0.15, 0.2) is 0 Å². The molecule has 1 radical (unpaired) electrons. The number of hydrogen-bond acceptors (Lipinski definition) is 0. The van der Waals surface area contributed by atoms with E-state index in [1.807, 2.05) is 0 Å². The number of rotatable bonds is 0. The SMILES string of the molecule is C[C-]1C2=C3Cc4ccccc4C3=C3C=CCCC3C2(C)C(C)(C)C(C)(C)C1(C)C.[Br-].[Br-].[Zr+3]. The molecule has 1 saturated carbocycles. The Morgan fingerprint density at radius 3 is 2.19 bits per heavy atom. The summed E-state index contributed by atoms with van der Waals surface area (Å²) in [7, 11) is 0. The number of allylic oxidation sites excluding steroid dienone is 6. The van der Waals surface area contributed by atoms with Crippen molar-refractivity contribution in [1.82, 2.24) is 0 Å². The molecule has 171 valence electrons. The molecule has 2 unspecified atom stereocenters. The Kier molecular flexibility index (Phi) is 7.69. The fourth-order valence-electron chi connectivity index (χ4n) is 7.57. The third-order valence-electron chi connectivity index (χ3n) is 10.8. The third kappa shape index (κ3) is 3.08. The van der Waals surface area contributed by atoms with Crippen molar-refractivity contribution in [3.05, 3.63) is 70.2 Å². The third-order valence-corrected chi connectivity index (χ3v) is 10.8. The molecule has 0 N–H and O–H groups in total. The van der Waals surface area contributed by atoms with E-state index in [-0.39, 0.29) is 81.8 Å². The van der Waals surface area contributed by atoms with E-state index in [1.54, 1.807) is 28.2 Å². The van der Waals surface area contributed by atoms with Crippen LogP contribution >= 0.6 is 0 Å². The molecular weight excluding hydrogens is 599 g/mol. The summed E-state index contributed by atoms with van der Waals surface area (Å²) in [4.78, 5) is 0. The van der Waals surface area contributed by atoms with Crippen molar-refractivity contribution in [3.63, 3.8) is 0 Å². The van der Waals surface area contributed by atoms with Crippen LogP contribution in [0.15, 0.2) is 53.1 Å². The van der Waals surface area contributed by atoms with Gasteiger partial charge in [0.05, 0.1) is 0 Å². The van der Waals surface area contributed by atoms with Crippen LogP contribution in [-0.2, 0) is 32.6 Å². The van der Waals surface area contributed by atoms with Crippen LogP contribution in [0.1, 0.15) is 79.4 Å². The fraction of sp³-hybridized carbons (Fsp3) is 0.552. The summed E-state index contributed by atoms with van der Waals surface area (Å²) < 4.78 is 0.